The van der Waals surface area contributed by atoms with Crippen molar-refractivity contribution in [1.29, 1.82) is 0 Å². The van der Waals surface area contributed by atoms with Crippen LogP contribution in [0, 0.1) is 11.3 Å². The van der Waals surface area contributed by atoms with E-state index in [-0.39, 0.29) is 98.0 Å². The fourth-order valence-electron chi connectivity index (χ4n) is 13.5. The zero-order valence-corrected chi connectivity index (χ0v) is 59.3. The van der Waals surface area contributed by atoms with Gasteiger partial charge in [-0.2, -0.15) is 0 Å². The molecule has 94 heavy (non-hydrogen) atoms. The second kappa shape index (κ2) is 42.4. The van der Waals surface area contributed by atoms with E-state index in [2.05, 4.69) is 17.2 Å². The Morgan fingerprint density at radius 2 is 1.12 bits per heavy atom. The van der Waals surface area contributed by atoms with Gasteiger partial charge in [0.25, 0.3) is 0 Å². The molecule has 8 atom stereocenters. The molecule has 3 unspecified atom stereocenters. The summed E-state index contributed by atoms with van der Waals surface area (Å²) in [5.41, 5.74) is 17.4. The minimum atomic E-state index is -2.00. The maximum absolute atomic E-state index is 13.6. The molecule has 0 amide bonds. The number of Topliss-reactive ketones (excluding diaryl/α,β-unsaturated/α-hetero) is 1. The molecule has 530 valence electrons. The number of ketones is 5. The number of hydrogen-bond acceptors (Lipinski definition) is 21. The van der Waals surface area contributed by atoms with Crippen molar-refractivity contribution in [1.82, 2.24) is 0 Å². The highest BCUT2D eigenvalue weighted by atomic mass is 16.7. The lowest BCUT2D eigenvalue weighted by atomic mass is 9.57. The topological polar surface area (TPSA) is 377 Å². The van der Waals surface area contributed by atoms with Crippen LogP contribution in [-0.4, -0.2) is 156 Å². The highest BCUT2D eigenvalue weighted by molar-refractivity contribution is 6.32. The average Bonchev–Trinajstić information content (AvgIpc) is 0.716. The van der Waals surface area contributed by atoms with Gasteiger partial charge >= 0.3 is 0 Å². The van der Waals surface area contributed by atoms with Gasteiger partial charge in [-0.05, 0) is 129 Å². The van der Waals surface area contributed by atoms with Gasteiger partial charge < -0.3 is 82.4 Å². The van der Waals surface area contributed by atoms with Gasteiger partial charge in [0.1, 0.15) is 34.3 Å². The largest absolute Gasteiger partial charge is 0.507 e. The number of aromatic hydroxyl groups is 4. The van der Waals surface area contributed by atoms with E-state index in [4.69, 9.17) is 34.5 Å². The first-order chi connectivity index (χ1) is 45.4. The summed E-state index contributed by atoms with van der Waals surface area (Å²) in [6.07, 6.45) is 8.59. The molecule has 11 rings (SSSR count). The van der Waals surface area contributed by atoms with E-state index in [0.29, 0.717) is 12.3 Å². The van der Waals surface area contributed by atoms with Gasteiger partial charge in [-0.3, -0.25) is 24.0 Å². The number of hydrogen-bond donors (Lipinski definition) is 11. The molecule has 4 aromatic carbocycles. The smallest absolute Gasteiger partial charge is 0.202 e. The summed E-state index contributed by atoms with van der Waals surface area (Å²) >= 11 is 0. The van der Waals surface area contributed by atoms with Crippen molar-refractivity contribution >= 4 is 28.9 Å². The molecule has 21 heteroatoms. The van der Waals surface area contributed by atoms with Crippen molar-refractivity contribution < 1.29 is 83.4 Å². The van der Waals surface area contributed by atoms with Crippen LogP contribution in [0.3, 0.4) is 0 Å². The van der Waals surface area contributed by atoms with Crippen LogP contribution in [-0.2, 0) is 36.6 Å². The standard InChI is InChI=1S/C32H38O6.C27H29NO10.5C2H6.3CH5N.CH4O/c33-24-12-8-11-22-28(24)31(36)29-23(30(22)35)17-20(18-25(29)34)19-32(21-9-2-1-3-10-21,26-13-4-6-15-37-26)27-14-5-7-16-38-27;1-10-22(30)14(28)7-17(37-10)38-16-9-27(35,11(2)29)8-13-19(16)26(34)21-20(24(13)32)23(31)12-5-4-6-15(36-3)18(12)25(21)33;9*1-2/h8,11-12,17-18,21,26-27,33-34H,1-7,9-10,13-16,19H2;4-6,10,14,16-17,22,30,32,34-35H,7-9,28H2,1-3H3;5*1-2H3;3*2H2,1H3;2H,1H3/t;10?,14-,16+,17+,22-,27+;;;;;;;;;/m.1........./s1. The molecule has 0 radical (unpaired) electrons. The SMILES string of the molecule is CC.CC.CC.CC.CC.CN.CN.CN.CO.COc1cccc2c1C(=O)c1c(O)c3c(c(O)c1C2=O)C[C@@](O)(C(C)=O)C[C@@H]3O[C@H]1C[C@@H](N)[C@H](O)C(C)O1.O=C1c2cccc(O)c2C(=O)c2c(O)cc(CC(C3CCCCC3)(C3CCCCO3)C3CCCCO3)cc21. The van der Waals surface area contributed by atoms with E-state index in [1.165, 1.54) is 78.7 Å². The number of phenols is 4. The number of benzene rings is 4. The Balaban J connectivity index is 0.000000759. The number of carbonyl (C=O) groups excluding carboxylic acids is 5. The third kappa shape index (κ3) is 18.5. The third-order valence-electron chi connectivity index (χ3n) is 17.4. The van der Waals surface area contributed by atoms with Gasteiger partial charge in [0, 0.05) is 78.9 Å². The second-order valence-corrected chi connectivity index (χ2v) is 21.9. The van der Waals surface area contributed by atoms with Gasteiger partial charge in [-0.25, -0.2) is 0 Å². The first-order valence-electron chi connectivity index (χ1n) is 33.9. The summed E-state index contributed by atoms with van der Waals surface area (Å²) in [4.78, 5) is 66.5. The number of methoxy groups -OCH3 is 1. The molecular weight excluding hydrogens is 1200 g/mol. The lowest BCUT2D eigenvalue weighted by Gasteiger charge is -2.54. The molecule has 4 aromatic rings. The maximum atomic E-state index is 13.6. The summed E-state index contributed by atoms with van der Waals surface area (Å²) in [6.45, 7) is 24.3. The number of nitrogens with two attached hydrogens (primary N) is 4. The summed E-state index contributed by atoms with van der Waals surface area (Å²) < 4.78 is 30.2. The van der Waals surface area contributed by atoms with Gasteiger partial charge in [-0.1, -0.05) is 113 Å². The highest BCUT2D eigenvalue weighted by Crippen LogP contribution is 2.55. The Kier molecular flexibility index (Phi) is 38.7. The van der Waals surface area contributed by atoms with E-state index in [1.54, 1.807) is 25.1 Å². The quantitative estimate of drug-likeness (QED) is 0.0599. The summed E-state index contributed by atoms with van der Waals surface area (Å²) in [6, 6.07) is 11.8. The molecule has 3 saturated heterocycles. The van der Waals surface area contributed by atoms with Crippen molar-refractivity contribution in [3.63, 3.8) is 0 Å². The van der Waals surface area contributed by atoms with Crippen LogP contribution in [0.4, 0.5) is 0 Å². The number of aliphatic hydroxyl groups is 3. The predicted molar refractivity (Wildman–Crippen MR) is 369 cm³/mol. The van der Waals surface area contributed by atoms with Gasteiger partial charge in [0.15, 0.2) is 23.6 Å². The van der Waals surface area contributed by atoms with Crippen LogP contribution in [0.5, 0.6) is 28.7 Å². The number of carbonyl (C=O) groups is 5. The minimum Gasteiger partial charge on any atom is -0.507 e. The van der Waals surface area contributed by atoms with Crippen LogP contribution < -0.4 is 27.7 Å². The summed E-state index contributed by atoms with van der Waals surface area (Å²) in [7, 11) is 6.84. The lowest BCUT2D eigenvalue weighted by molar-refractivity contribution is -0.247. The molecule has 0 spiro atoms. The maximum Gasteiger partial charge on any atom is 0.202 e. The molecule has 0 bridgehead atoms. The Hall–Kier alpha value is -6.21. The van der Waals surface area contributed by atoms with Crippen LogP contribution >= 0.6 is 0 Å². The van der Waals surface area contributed by atoms with Gasteiger partial charge in [0.05, 0.1) is 65.4 Å². The molecular formula is C73H116N4O17. The average molecular weight is 1320 g/mol. The fourth-order valence-corrected chi connectivity index (χ4v) is 13.5. The van der Waals surface area contributed by atoms with Crippen molar-refractivity contribution in [2.45, 2.75) is 228 Å². The Labute approximate surface area is 559 Å². The van der Waals surface area contributed by atoms with Crippen LogP contribution in [0.15, 0.2) is 48.5 Å². The fraction of sp³-hybridized carbons (Fsp3) is 0.603. The van der Waals surface area contributed by atoms with Crippen LogP contribution in [0.1, 0.15) is 253 Å². The van der Waals surface area contributed by atoms with Crippen LogP contribution in [0.25, 0.3) is 0 Å². The molecule has 3 aliphatic heterocycles. The Morgan fingerprint density at radius 1 is 0.628 bits per heavy atom. The third-order valence-corrected chi connectivity index (χ3v) is 17.4. The number of ether oxygens (including phenoxy) is 5. The van der Waals surface area contributed by atoms with E-state index >= 15 is 0 Å². The number of fused-ring (bicyclic) bond motifs is 5. The van der Waals surface area contributed by atoms with Crippen molar-refractivity contribution in [2.75, 3.05) is 48.6 Å². The predicted octanol–water partition coefficient (Wildman–Crippen LogP) is 10.6. The lowest BCUT2D eigenvalue weighted by Crippen LogP contribution is -2.56. The van der Waals surface area contributed by atoms with E-state index in [1.807, 2.05) is 75.3 Å². The number of aliphatic hydroxyl groups excluding tert-OH is 2. The summed E-state index contributed by atoms with van der Waals surface area (Å²) in [5.74, 6) is -4.03. The number of rotatable bonds is 9. The highest BCUT2D eigenvalue weighted by Gasteiger charge is 2.54. The first-order valence-corrected chi connectivity index (χ1v) is 33.9. The van der Waals surface area contributed by atoms with Crippen molar-refractivity contribution in [3.8, 4) is 28.7 Å². The van der Waals surface area contributed by atoms with Crippen LogP contribution in [0.2, 0.25) is 0 Å². The molecule has 15 N–H and O–H groups in total. The number of phenolic OH excluding ortho intramolecular Hbond substituents is 4. The zero-order valence-electron chi connectivity index (χ0n) is 59.3. The zero-order chi connectivity index (χ0) is 72.0. The van der Waals surface area contributed by atoms with E-state index in [9.17, 15) is 54.6 Å². The van der Waals surface area contributed by atoms with E-state index < -0.39 is 88.4 Å². The second-order valence-electron chi connectivity index (χ2n) is 21.9. The van der Waals surface area contributed by atoms with Crippen molar-refractivity contribution in [3.05, 3.63) is 110 Å². The molecule has 4 aliphatic carbocycles. The minimum absolute atomic E-state index is 0.0147. The molecule has 21 nitrogen and oxygen atoms in total. The van der Waals surface area contributed by atoms with Crippen molar-refractivity contribution in [2.24, 2.45) is 34.3 Å². The molecule has 7 aliphatic rings. The first kappa shape index (κ1) is 85.8. The molecule has 1 saturated carbocycles. The molecule has 3 heterocycles. The summed E-state index contributed by atoms with van der Waals surface area (Å²) in [5, 5.41) is 72.6. The Bertz CT molecular complexity index is 2950. The monoisotopic (exact) mass is 1320 g/mol. The Morgan fingerprint density at radius 3 is 1.62 bits per heavy atom. The molecule has 0 aromatic heterocycles. The molecule has 4 fully saturated rings. The van der Waals surface area contributed by atoms with E-state index in [0.717, 1.165) is 77.3 Å². The van der Waals surface area contributed by atoms with Gasteiger partial charge in [-0.15, -0.1) is 0 Å². The normalized spacial score (nSPS) is 23.3. The van der Waals surface area contributed by atoms with Gasteiger partial charge in [0.2, 0.25) is 11.6 Å².